The number of amides is 2. The smallest absolute Gasteiger partial charge is 0.246 e. The van der Waals surface area contributed by atoms with Gasteiger partial charge in [0.1, 0.15) is 11.0 Å². The highest BCUT2D eigenvalue weighted by molar-refractivity contribution is 7.09. The van der Waals surface area contributed by atoms with E-state index in [9.17, 15) is 9.59 Å². The third-order valence-corrected chi connectivity index (χ3v) is 5.04. The third kappa shape index (κ3) is 3.82. The van der Waals surface area contributed by atoms with E-state index in [1.165, 1.54) is 6.92 Å². The van der Waals surface area contributed by atoms with Crippen molar-refractivity contribution >= 4 is 23.2 Å². The van der Waals surface area contributed by atoms with Gasteiger partial charge in [0.15, 0.2) is 0 Å². The van der Waals surface area contributed by atoms with Gasteiger partial charge >= 0.3 is 0 Å². The molecule has 1 aromatic carbocycles. The average molecular weight is 343 g/mol. The van der Waals surface area contributed by atoms with Crippen LogP contribution in [-0.2, 0) is 22.7 Å². The van der Waals surface area contributed by atoms with Crippen LogP contribution in [0.4, 0.5) is 0 Å². The Morgan fingerprint density at radius 1 is 1.29 bits per heavy atom. The molecule has 1 aliphatic rings. The lowest BCUT2D eigenvalue weighted by molar-refractivity contribution is -0.143. The predicted molar refractivity (Wildman–Crippen MR) is 93.2 cm³/mol. The van der Waals surface area contributed by atoms with Gasteiger partial charge in [-0.05, 0) is 18.4 Å². The molecule has 1 fully saturated rings. The first-order valence-corrected chi connectivity index (χ1v) is 9.01. The van der Waals surface area contributed by atoms with Gasteiger partial charge in [-0.1, -0.05) is 30.3 Å². The zero-order chi connectivity index (χ0) is 16.9. The fourth-order valence-electron chi connectivity index (χ4n) is 3.12. The summed E-state index contributed by atoms with van der Waals surface area (Å²) < 4.78 is 0. The highest BCUT2D eigenvalue weighted by atomic mass is 32.1. The van der Waals surface area contributed by atoms with Crippen LogP contribution < -0.4 is 0 Å². The van der Waals surface area contributed by atoms with Gasteiger partial charge in [0.25, 0.3) is 0 Å². The Labute approximate surface area is 145 Å². The van der Waals surface area contributed by atoms with Crippen molar-refractivity contribution in [2.75, 3.05) is 6.54 Å². The molecule has 1 aromatic heterocycles. The van der Waals surface area contributed by atoms with Gasteiger partial charge in [-0.3, -0.25) is 9.59 Å². The Bertz CT molecular complexity index is 688. The van der Waals surface area contributed by atoms with E-state index in [1.807, 2.05) is 40.6 Å². The summed E-state index contributed by atoms with van der Waals surface area (Å²) in [6.07, 6.45) is 3.37. The third-order valence-electron chi connectivity index (χ3n) is 4.28. The fraction of sp³-hybridized carbons (Fsp3) is 0.389. The highest BCUT2D eigenvalue weighted by Gasteiger charge is 2.35. The normalized spacial score (nSPS) is 17.0. The van der Waals surface area contributed by atoms with E-state index in [2.05, 4.69) is 4.98 Å². The van der Waals surface area contributed by atoms with Crippen LogP contribution in [0.15, 0.2) is 41.9 Å². The summed E-state index contributed by atoms with van der Waals surface area (Å²) >= 11 is 1.54. The molecule has 0 aliphatic carbocycles. The molecule has 3 rings (SSSR count). The van der Waals surface area contributed by atoms with Crippen molar-refractivity contribution in [3.63, 3.8) is 0 Å². The fourth-order valence-corrected chi connectivity index (χ4v) is 3.75. The van der Waals surface area contributed by atoms with Crippen LogP contribution in [0.3, 0.4) is 0 Å². The summed E-state index contributed by atoms with van der Waals surface area (Å²) in [5.41, 5.74) is 1.08. The number of carbonyl (C=O) groups excluding carboxylic acids is 2. The van der Waals surface area contributed by atoms with Gasteiger partial charge in [0, 0.05) is 31.6 Å². The quantitative estimate of drug-likeness (QED) is 0.839. The van der Waals surface area contributed by atoms with E-state index in [4.69, 9.17) is 0 Å². The maximum atomic E-state index is 13.1. The zero-order valence-electron chi connectivity index (χ0n) is 13.7. The monoisotopic (exact) mass is 343 g/mol. The summed E-state index contributed by atoms with van der Waals surface area (Å²) in [5.74, 6) is -0.0125. The molecule has 2 heterocycles. The second-order valence-corrected chi connectivity index (χ2v) is 6.96. The van der Waals surface area contributed by atoms with E-state index < -0.39 is 0 Å². The maximum Gasteiger partial charge on any atom is 0.246 e. The molecule has 5 nitrogen and oxygen atoms in total. The van der Waals surface area contributed by atoms with Crippen LogP contribution in [-0.4, -0.2) is 39.2 Å². The summed E-state index contributed by atoms with van der Waals surface area (Å²) in [7, 11) is 0. The molecule has 24 heavy (non-hydrogen) atoms. The minimum absolute atomic E-state index is 0.0155. The minimum atomic E-state index is -0.342. The summed E-state index contributed by atoms with van der Waals surface area (Å²) in [6, 6.07) is 9.59. The first-order valence-electron chi connectivity index (χ1n) is 8.13. The lowest BCUT2D eigenvalue weighted by Gasteiger charge is -2.29. The topological polar surface area (TPSA) is 53.5 Å². The second-order valence-electron chi connectivity index (χ2n) is 5.98. The van der Waals surface area contributed by atoms with Crippen molar-refractivity contribution in [1.29, 1.82) is 0 Å². The Morgan fingerprint density at radius 2 is 2.08 bits per heavy atom. The van der Waals surface area contributed by atoms with Crippen LogP contribution in [0.25, 0.3) is 0 Å². The summed E-state index contributed by atoms with van der Waals surface area (Å²) in [5, 5.41) is 2.82. The van der Waals surface area contributed by atoms with Crippen molar-refractivity contribution in [2.24, 2.45) is 0 Å². The zero-order valence-corrected chi connectivity index (χ0v) is 14.5. The number of thiazole rings is 1. The van der Waals surface area contributed by atoms with Gasteiger partial charge in [-0.15, -0.1) is 11.3 Å². The van der Waals surface area contributed by atoms with E-state index in [1.54, 1.807) is 22.4 Å². The number of carbonyl (C=O) groups is 2. The molecule has 0 bridgehead atoms. The van der Waals surface area contributed by atoms with Gasteiger partial charge in [0.05, 0.1) is 6.54 Å². The number of aromatic nitrogens is 1. The number of hydrogen-bond donors (Lipinski definition) is 0. The Balaban J connectivity index is 1.80. The van der Waals surface area contributed by atoms with Crippen molar-refractivity contribution in [1.82, 2.24) is 14.8 Å². The van der Waals surface area contributed by atoms with Gasteiger partial charge < -0.3 is 9.80 Å². The average Bonchev–Trinajstić information content (AvgIpc) is 3.26. The second kappa shape index (κ2) is 7.57. The number of likely N-dealkylation sites (tertiary alicyclic amines) is 1. The summed E-state index contributed by atoms with van der Waals surface area (Å²) in [4.78, 5) is 32.7. The molecular formula is C18H21N3O2S. The minimum Gasteiger partial charge on any atom is -0.331 e. The molecule has 0 spiro atoms. The van der Waals surface area contributed by atoms with Crippen molar-refractivity contribution in [2.45, 2.75) is 38.9 Å². The summed E-state index contributed by atoms with van der Waals surface area (Å²) in [6.45, 7) is 3.21. The predicted octanol–water partition coefficient (Wildman–Crippen LogP) is 2.68. The van der Waals surface area contributed by atoms with Crippen molar-refractivity contribution in [3.8, 4) is 0 Å². The van der Waals surface area contributed by atoms with Crippen LogP contribution in [0, 0.1) is 0 Å². The van der Waals surface area contributed by atoms with Crippen LogP contribution >= 0.6 is 11.3 Å². The molecular weight excluding hydrogens is 322 g/mol. The van der Waals surface area contributed by atoms with E-state index in [-0.39, 0.29) is 17.9 Å². The van der Waals surface area contributed by atoms with E-state index in [0.717, 1.165) is 23.4 Å². The van der Waals surface area contributed by atoms with Crippen molar-refractivity contribution < 1.29 is 9.59 Å². The van der Waals surface area contributed by atoms with Gasteiger partial charge in [-0.25, -0.2) is 4.98 Å². The number of benzene rings is 1. The first kappa shape index (κ1) is 16.6. The molecule has 6 heteroatoms. The van der Waals surface area contributed by atoms with E-state index in [0.29, 0.717) is 19.6 Å². The Hall–Kier alpha value is -2.21. The molecule has 0 unspecified atom stereocenters. The molecule has 2 amide bonds. The van der Waals surface area contributed by atoms with Crippen LogP contribution in [0.1, 0.15) is 30.3 Å². The highest BCUT2D eigenvalue weighted by Crippen LogP contribution is 2.22. The van der Waals surface area contributed by atoms with Crippen LogP contribution in [0.5, 0.6) is 0 Å². The van der Waals surface area contributed by atoms with Crippen molar-refractivity contribution in [3.05, 3.63) is 52.5 Å². The lowest BCUT2D eigenvalue weighted by atomic mass is 10.1. The molecule has 1 aliphatic heterocycles. The lowest BCUT2D eigenvalue weighted by Crippen LogP contribution is -2.46. The molecule has 0 saturated carbocycles. The van der Waals surface area contributed by atoms with E-state index >= 15 is 0 Å². The van der Waals surface area contributed by atoms with Crippen LogP contribution in [0.2, 0.25) is 0 Å². The van der Waals surface area contributed by atoms with Gasteiger partial charge in [-0.2, -0.15) is 0 Å². The standard InChI is InChI=1S/C18H21N3O2S/c1-14(22)21-10-5-8-16(21)18(23)20(13-17-19-9-11-24-17)12-15-6-3-2-4-7-15/h2-4,6-7,9,11,16H,5,8,10,12-13H2,1H3/t16-/m0/s1. The molecule has 126 valence electrons. The Morgan fingerprint density at radius 3 is 2.75 bits per heavy atom. The first-order chi connectivity index (χ1) is 11.6. The Kier molecular flexibility index (Phi) is 5.25. The molecule has 0 radical (unpaired) electrons. The molecule has 0 N–H and O–H groups in total. The van der Waals surface area contributed by atoms with Gasteiger partial charge in [0.2, 0.25) is 11.8 Å². The maximum absolute atomic E-state index is 13.1. The largest absolute Gasteiger partial charge is 0.331 e. The number of nitrogens with zero attached hydrogens (tertiary/aromatic N) is 3. The number of rotatable bonds is 5. The molecule has 1 saturated heterocycles. The molecule has 2 aromatic rings. The number of hydrogen-bond acceptors (Lipinski definition) is 4. The molecule has 1 atom stereocenters. The SMILES string of the molecule is CC(=O)N1CCC[C@H]1C(=O)N(Cc1ccccc1)Cc1nccs1.